The van der Waals surface area contributed by atoms with E-state index in [2.05, 4.69) is 10.6 Å². The number of para-hydroxylation sites is 1. The minimum absolute atomic E-state index is 0.00700. The van der Waals surface area contributed by atoms with Crippen LogP contribution >= 0.6 is 0 Å². The van der Waals surface area contributed by atoms with E-state index in [1.807, 2.05) is 61.5 Å². The van der Waals surface area contributed by atoms with Crippen molar-refractivity contribution in [2.45, 2.75) is 32.2 Å². The van der Waals surface area contributed by atoms with E-state index in [0.29, 0.717) is 13.0 Å². The van der Waals surface area contributed by atoms with Crippen LogP contribution in [0.3, 0.4) is 0 Å². The Kier molecular flexibility index (Phi) is 6.02. The molecule has 1 aliphatic heterocycles. The van der Waals surface area contributed by atoms with Crippen LogP contribution in [0.1, 0.15) is 25.3 Å². The predicted octanol–water partition coefficient (Wildman–Crippen LogP) is 2.97. The average molecular weight is 351 g/mol. The molecule has 5 heteroatoms. The molecule has 2 aromatic carbocycles. The molecule has 3 rings (SSSR count). The summed E-state index contributed by atoms with van der Waals surface area (Å²) in [6.07, 6.45) is 2.25. The van der Waals surface area contributed by atoms with Gasteiger partial charge in [-0.05, 0) is 56.1 Å². The molecule has 1 heterocycles. The highest BCUT2D eigenvalue weighted by atomic mass is 16.2. The van der Waals surface area contributed by atoms with Crippen LogP contribution < -0.4 is 15.5 Å². The van der Waals surface area contributed by atoms with Gasteiger partial charge in [-0.3, -0.25) is 9.59 Å². The topological polar surface area (TPSA) is 61.4 Å². The molecule has 2 aromatic rings. The van der Waals surface area contributed by atoms with Crippen molar-refractivity contribution in [3.63, 3.8) is 0 Å². The maximum absolute atomic E-state index is 12.6. The molecule has 0 aliphatic carbocycles. The fourth-order valence-corrected chi connectivity index (χ4v) is 3.22. The highest BCUT2D eigenvalue weighted by molar-refractivity contribution is 5.96. The Labute approximate surface area is 154 Å². The van der Waals surface area contributed by atoms with Crippen LogP contribution in [0.25, 0.3) is 0 Å². The molecule has 0 spiro atoms. The van der Waals surface area contributed by atoms with Crippen molar-refractivity contribution in [2.24, 2.45) is 0 Å². The van der Waals surface area contributed by atoms with Gasteiger partial charge in [0.15, 0.2) is 0 Å². The molecular weight excluding hydrogens is 326 g/mol. The Morgan fingerprint density at radius 2 is 1.85 bits per heavy atom. The number of nitrogens with zero attached hydrogens (tertiary/aromatic N) is 1. The smallest absolute Gasteiger partial charge is 0.241 e. The van der Waals surface area contributed by atoms with Gasteiger partial charge in [0.1, 0.15) is 0 Å². The molecule has 1 saturated heterocycles. The zero-order valence-electron chi connectivity index (χ0n) is 15.1. The van der Waals surface area contributed by atoms with Crippen molar-refractivity contribution in [1.82, 2.24) is 5.32 Å². The first-order chi connectivity index (χ1) is 12.7. The Morgan fingerprint density at radius 3 is 2.46 bits per heavy atom. The van der Waals surface area contributed by atoms with E-state index in [1.54, 1.807) is 4.90 Å². The van der Waals surface area contributed by atoms with Crippen LogP contribution in [-0.2, 0) is 16.0 Å². The van der Waals surface area contributed by atoms with E-state index in [4.69, 9.17) is 0 Å². The molecule has 2 amide bonds. The van der Waals surface area contributed by atoms with Gasteiger partial charge in [-0.25, -0.2) is 0 Å². The Balaban J connectivity index is 1.59. The zero-order valence-corrected chi connectivity index (χ0v) is 15.1. The number of nitrogens with one attached hydrogen (secondary N) is 2. The number of rotatable bonds is 6. The maximum atomic E-state index is 12.6. The second-order valence-electron chi connectivity index (χ2n) is 6.49. The third-order valence-electron chi connectivity index (χ3n) is 4.64. The molecule has 0 bridgehead atoms. The normalized spacial score (nSPS) is 16.3. The van der Waals surface area contributed by atoms with E-state index in [-0.39, 0.29) is 17.9 Å². The summed E-state index contributed by atoms with van der Waals surface area (Å²) in [5.41, 5.74) is 2.60. The lowest BCUT2D eigenvalue weighted by molar-refractivity contribution is -0.118. The van der Waals surface area contributed by atoms with Crippen LogP contribution in [0.4, 0.5) is 11.4 Å². The van der Waals surface area contributed by atoms with Gasteiger partial charge in [0.25, 0.3) is 0 Å². The van der Waals surface area contributed by atoms with Gasteiger partial charge in [-0.1, -0.05) is 30.3 Å². The molecule has 5 nitrogen and oxygen atoms in total. The first-order valence-electron chi connectivity index (χ1n) is 9.16. The molecule has 0 saturated carbocycles. The predicted molar refractivity (Wildman–Crippen MR) is 104 cm³/mol. The number of carbonyl (C=O) groups excluding carboxylic acids is 2. The average Bonchev–Trinajstić information content (AvgIpc) is 3.20. The van der Waals surface area contributed by atoms with Gasteiger partial charge in [-0.2, -0.15) is 0 Å². The summed E-state index contributed by atoms with van der Waals surface area (Å²) < 4.78 is 0. The Bertz CT molecular complexity index is 738. The summed E-state index contributed by atoms with van der Waals surface area (Å²) in [5.74, 6) is 0.0678. The van der Waals surface area contributed by atoms with E-state index >= 15 is 0 Å². The number of anilines is 2. The van der Waals surface area contributed by atoms with Crippen molar-refractivity contribution in [3.05, 3.63) is 60.2 Å². The fourth-order valence-electron chi connectivity index (χ4n) is 3.22. The lowest BCUT2D eigenvalue weighted by Crippen LogP contribution is -2.35. The summed E-state index contributed by atoms with van der Waals surface area (Å²) in [5, 5.41) is 6.11. The van der Waals surface area contributed by atoms with Crippen LogP contribution in [0, 0.1) is 0 Å². The van der Waals surface area contributed by atoms with Crippen LogP contribution in [0.15, 0.2) is 54.6 Å². The van der Waals surface area contributed by atoms with Gasteiger partial charge >= 0.3 is 0 Å². The summed E-state index contributed by atoms with van der Waals surface area (Å²) in [7, 11) is 0. The first kappa shape index (κ1) is 18.1. The Morgan fingerprint density at radius 1 is 1.12 bits per heavy atom. The highest BCUT2D eigenvalue weighted by Gasteiger charge is 2.21. The molecule has 0 aromatic heterocycles. The second-order valence-corrected chi connectivity index (χ2v) is 6.49. The molecule has 1 unspecified atom stereocenters. The summed E-state index contributed by atoms with van der Waals surface area (Å²) in [6.45, 7) is 3.50. The van der Waals surface area contributed by atoms with Gasteiger partial charge < -0.3 is 15.5 Å². The number of carbonyl (C=O) groups is 2. The SMILES string of the molecule is CCN(C(=O)Cc1ccc(NC(=O)C2CCCN2)cc1)c1ccccc1. The molecule has 1 aliphatic rings. The molecule has 1 atom stereocenters. The third kappa shape index (κ3) is 4.49. The molecular formula is C21H25N3O2. The molecule has 26 heavy (non-hydrogen) atoms. The van der Waals surface area contributed by atoms with Crippen molar-refractivity contribution >= 4 is 23.2 Å². The second kappa shape index (κ2) is 8.63. The monoisotopic (exact) mass is 351 g/mol. The lowest BCUT2D eigenvalue weighted by Gasteiger charge is -2.21. The number of hydrogen-bond acceptors (Lipinski definition) is 3. The molecule has 1 fully saturated rings. The van der Waals surface area contributed by atoms with Gasteiger partial charge in [-0.15, -0.1) is 0 Å². The minimum Gasteiger partial charge on any atom is -0.325 e. The summed E-state index contributed by atoms with van der Waals surface area (Å²) in [4.78, 5) is 26.5. The standard InChI is InChI=1S/C21H25N3O2/c1-2-24(18-7-4-3-5-8-18)20(25)15-16-10-12-17(13-11-16)23-21(26)19-9-6-14-22-19/h3-5,7-8,10-13,19,22H,2,6,9,14-15H2,1H3,(H,23,26). The quantitative estimate of drug-likeness (QED) is 0.841. The number of benzene rings is 2. The fraction of sp³-hybridized carbons (Fsp3) is 0.333. The van der Waals surface area contributed by atoms with Gasteiger partial charge in [0.2, 0.25) is 11.8 Å². The van der Waals surface area contributed by atoms with Crippen LogP contribution in [-0.4, -0.2) is 30.9 Å². The van der Waals surface area contributed by atoms with Crippen LogP contribution in [0.5, 0.6) is 0 Å². The largest absolute Gasteiger partial charge is 0.325 e. The van der Waals surface area contributed by atoms with Gasteiger partial charge in [0.05, 0.1) is 12.5 Å². The first-order valence-corrected chi connectivity index (χ1v) is 9.16. The van der Waals surface area contributed by atoms with Crippen molar-refractivity contribution in [1.29, 1.82) is 0 Å². The van der Waals surface area contributed by atoms with E-state index < -0.39 is 0 Å². The lowest BCUT2D eigenvalue weighted by atomic mass is 10.1. The number of amides is 2. The van der Waals surface area contributed by atoms with Crippen molar-refractivity contribution < 1.29 is 9.59 Å². The Hall–Kier alpha value is -2.66. The molecule has 2 N–H and O–H groups in total. The maximum Gasteiger partial charge on any atom is 0.241 e. The minimum atomic E-state index is -0.0970. The molecule has 136 valence electrons. The van der Waals surface area contributed by atoms with Crippen molar-refractivity contribution in [2.75, 3.05) is 23.3 Å². The summed E-state index contributed by atoms with van der Waals surface area (Å²) >= 11 is 0. The van der Waals surface area contributed by atoms with E-state index in [9.17, 15) is 9.59 Å². The number of hydrogen-bond donors (Lipinski definition) is 2. The van der Waals surface area contributed by atoms with Crippen LogP contribution in [0.2, 0.25) is 0 Å². The molecule has 0 radical (unpaired) electrons. The highest BCUT2D eigenvalue weighted by Crippen LogP contribution is 2.17. The zero-order chi connectivity index (χ0) is 18.4. The van der Waals surface area contributed by atoms with E-state index in [0.717, 1.165) is 36.3 Å². The van der Waals surface area contributed by atoms with Crippen molar-refractivity contribution in [3.8, 4) is 0 Å². The van der Waals surface area contributed by atoms with E-state index in [1.165, 1.54) is 0 Å². The third-order valence-corrected chi connectivity index (χ3v) is 4.64. The summed E-state index contributed by atoms with van der Waals surface area (Å²) in [6, 6.07) is 17.1. The number of likely N-dealkylation sites (N-methyl/N-ethyl adjacent to an activating group) is 1. The van der Waals surface area contributed by atoms with Gasteiger partial charge in [0, 0.05) is 17.9 Å².